The Morgan fingerprint density at radius 3 is 2.38 bits per heavy atom. The maximum atomic E-state index is 12.1. The molecule has 0 amide bonds. The minimum absolute atomic E-state index is 0.0265. The number of aromatic nitrogens is 2. The second-order valence-electron chi connectivity index (χ2n) is 7.38. The molecule has 118 valence electrons. The molecular formula is C17H27BrN2O. The monoisotopic (exact) mass is 354 g/mol. The zero-order chi connectivity index (χ0) is 15.6. The third-order valence-electron chi connectivity index (χ3n) is 4.78. The number of hydrogen-bond acceptors (Lipinski definition) is 2. The third-order valence-corrected chi connectivity index (χ3v) is 5.59. The molecule has 0 spiro atoms. The zero-order valence-electron chi connectivity index (χ0n) is 13.6. The van der Waals surface area contributed by atoms with Gasteiger partial charge in [0.25, 0.3) is 5.56 Å². The Bertz CT molecular complexity index is 537. The van der Waals surface area contributed by atoms with Crippen molar-refractivity contribution in [3.8, 4) is 0 Å². The summed E-state index contributed by atoms with van der Waals surface area (Å²) in [6.07, 6.45) is 6.60. The summed E-state index contributed by atoms with van der Waals surface area (Å²) in [5.74, 6) is 2.10. The van der Waals surface area contributed by atoms with E-state index in [0.717, 1.165) is 43.1 Å². The van der Waals surface area contributed by atoms with Crippen molar-refractivity contribution in [1.82, 2.24) is 9.97 Å². The fraction of sp³-hybridized carbons (Fsp3) is 0.765. The van der Waals surface area contributed by atoms with E-state index < -0.39 is 0 Å². The predicted molar refractivity (Wildman–Crippen MR) is 90.7 cm³/mol. The van der Waals surface area contributed by atoms with Crippen LogP contribution in [0, 0.1) is 11.3 Å². The Morgan fingerprint density at radius 1 is 1.24 bits per heavy atom. The first-order chi connectivity index (χ1) is 9.82. The van der Waals surface area contributed by atoms with Gasteiger partial charge in [0, 0.05) is 5.92 Å². The zero-order valence-corrected chi connectivity index (χ0v) is 15.2. The van der Waals surface area contributed by atoms with E-state index in [1.807, 2.05) is 0 Å². The first kappa shape index (κ1) is 16.7. The van der Waals surface area contributed by atoms with Crippen LogP contribution in [-0.2, 0) is 6.42 Å². The van der Waals surface area contributed by atoms with Crippen molar-refractivity contribution in [1.29, 1.82) is 0 Å². The van der Waals surface area contributed by atoms with Crippen LogP contribution in [0.2, 0.25) is 0 Å². The summed E-state index contributed by atoms with van der Waals surface area (Å²) in [4.78, 5) is 19.8. The summed E-state index contributed by atoms with van der Waals surface area (Å²) in [6, 6.07) is 0. The van der Waals surface area contributed by atoms with Crippen LogP contribution in [0.25, 0.3) is 0 Å². The lowest BCUT2D eigenvalue weighted by molar-refractivity contribution is 0.167. The second-order valence-corrected chi connectivity index (χ2v) is 8.17. The van der Waals surface area contributed by atoms with Crippen LogP contribution in [0.4, 0.5) is 0 Å². The van der Waals surface area contributed by atoms with Crippen LogP contribution < -0.4 is 5.56 Å². The van der Waals surface area contributed by atoms with Crippen LogP contribution in [0.1, 0.15) is 77.2 Å². The van der Waals surface area contributed by atoms with Gasteiger partial charge in [-0.3, -0.25) is 4.79 Å². The summed E-state index contributed by atoms with van der Waals surface area (Å²) in [6.45, 7) is 9.11. The largest absolute Gasteiger partial charge is 0.309 e. The highest BCUT2D eigenvalue weighted by Crippen LogP contribution is 2.42. The summed E-state index contributed by atoms with van der Waals surface area (Å²) in [5, 5.41) is 0. The van der Waals surface area contributed by atoms with Gasteiger partial charge in [-0.25, -0.2) is 4.98 Å². The molecule has 0 saturated heterocycles. The average molecular weight is 355 g/mol. The number of nitrogens with zero attached hydrogens (tertiary/aromatic N) is 1. The average Bonchev–Trinajstić information content (AvgIpc) is 2.43. The van der Waals surface area contributed by atoms with Gasteiger partial charge < -0.3 is 4.98 Å². The number of hydrogen-bond donors (Lipinski definition) is 1. The van der Waals surface area contributed by atoms with E-state index in [4.69, 9.17) is 4.98 Å². The van der Waals surface area contributed by atoms with Gasteiger partial charge in [0.2, 0.25) is 0 Å². The van der Waals surface area contributed by atoms with E-state index in [1.165, 1.54) is 12.8 Å². The van der Waals surface area contributed by atoms with Crippen molar-refractivity contribution in [2.75, 3.05) is 0 Å². The quantitative estimate of drug-likeness (QED) is 0.846. The van der Waals surface area contributed by atoms with E-state index >= 15 is 0 Å². The van der Waals surface area contributed by atoms with Gasteiger partial charge in [0.05, 0.1) is 5.69 Å². The number of rotatable bonds is 3. The molecule has 21 heavy (non-hydrogen) atoms. The first-order valence-electron chi connectivity index (χ1n) is 8.11. The molecule has 0 aliphatic heterocycles. The van der Waals surface area contributed by atoms with Gasteiger partial charge in [0.1, 0.15) is 10.3 Å². The van der Waals surface area contributed by atoms with Crippen molar-refractivity contribution in [3.05, 3.63) is 26.3 Å². The highest BCUT2D eigenvalue weighted by molar-refractivity contribution is 9.10. The maximum absolute atomic E-state index is 12.1. The van der Waals surface area contributed by atoms with Gasteiger partial charge >= 0.3 is 0 Å². The first-order valence-corrected chi connectivity index (χ1v) is 8.90. The van der Waals surface area contributed by atoms with Gasteiger partial charge in [-0.05, 0) is 59.4 Å². The molecule has 1 aromatic rings. The second kappa shape index (κ2) is 6.64. The molecule has 0 radical (unpaired) electrons. The fourth-order valence-corrected chi connectivity index (χ4v) is 3.74. The van der Waals surface area contributed by atoms with Crippen molar-refractivity contribution in [2.45, 2.75) is 72.1 Å². The molecule has 0 bridgehead atoms. The van der Waals surface area contributed by atoms with Crippen LogP contribution in [0.5, 0.6) is 0 Å². The van der Waals surface area contributed by atoms with E-state index in [2.05, 4.69) is 48.6 Å². The normalized spacial score (nSPS) is 23.3. The van der Waals surface area contributed by atoms with Crippen molar-refractivity contribution in [2.24, 2.45) is 11.3 Å². The molecule has 2 rings (SSSR count). The summed E-state index contributed by atoms with van der Waals surface area (Å²) >= 11 is 3.37. The van der Waals surface area contributed by atoms with Gasteiger partial charge in [-0.15, -0.1) is 0 Å². The number of aryl methyl sites for hydroxylation is 1. The van der Waals surface area contributed by atoms with E-state index in [1.54, 1.807) is 0 Å². The molecular weight excluding hydrogens is 328 g/mol. The van der Waals surface area contributed by atoms with Gasteiger partial charge in [-0.1, -0.05) is 34.1 Å². The molecule has 1 N–H and O–H groups in total. The number of nitrogens with one attached hydrogen (secondary N) is 1. The molecule has 1 aliphatic rings. The Hall–Kier alpha value is -0.640. The molecule has 1 aromatic heterocycles. The molecule has 1 fully saturated rings. The lowest BCUT2D eigenvalue weighted by Gasteiger charge is -2.36. The van der Waals surface area contributed by atoms with E-state index in [0.29, 0.717) is 15.8 Å². The standard InChI is InChI=1S/C17H27BrN2O/c1-5-6-13-14(18)16(21)20-15(19-13)11-7-9-12(10-8-11)17(2,3)4/h11-12H,5-10H2,1-4H3,(H,19,20,21). The Morgan fingerprint density at radius 2 is 1.86 bits per heavy atom. The molecule has 0 atom stereocenters. The molecule has 1 aliphatic carbocycles. The molecule has 0 unspecified atom stereocenters. The van der Waals surface area contributed by atoms with Crippen molar-refractivity contribution >= 4 is 15.9 Å². The Labute approximate surface area is 136 Å². The smallest absolute Gasteiger partial charge is 0.265 e. The molecule has 4 heteroatoms. The van der Waals surface area contributed by atoms with Gasteiger partial charge in [0.15, 0.2) is 0 Å². The molecule has 0 aromatic carbocycles. The van der Waals surface area contributed by atoms with Crippen LogP contribution in [-0.4, -0.2) is 9.97 Å². The summed E-state index contributed by atoms with van der Waals surface area (Å²) in [5.41, 5.74) is 1.27. The minimum Gasteiger partial charge on any atom is -0.309 e. The maximum Gasteiger partial charge on any atom is 0.265 e. The SMILES string of the molecule is CCCc1nc(C2CCC(C(C)(C)C)CC2)[nH]c(=O)c1Br. The number of halogens is 1. The summed E-state index contributed by atoms with van der Waals surface area (Å²) < 4.78 is 0.608. The van der Waals surface area contributed by atoms with Crippen LogP contribution in [0.3, 0.4) is 0 Å². The predicted octanol–water partition coefficient (Wildman–Crippen LogP) is 4.80. The minimum atomic E-state index is -0.0265. The third kappa shape index (κ3) is 3.97. The molecule has 1 saturated carbocycles. The number of aromatic amines is 1. The van der Waals surface area contributed by atoms with Crippen LogP contribution >= 0.6 is 15.9 Å². The summed E-state index contributed by atoms with van der Waals surface area (Å²) in [7, 11) is 0. The molecule has 3 nitrogen and oxygen atoms in total. The highest BCUT2D eigenvalue weighted by atomic mass is 79.9. The Balaban J connectivity index is 2.15. The Kier molecular flexibility index (Phi) is 5.29. The van der Waals surface area contributed by atoms with Crippen molar-refractivity contribution in [3.63, 3.8) is 0 Å². The lowest BCUT2D eigenvalue weighted by atomic mass is 9.69. The fourth-order valence-electron chi connectivity index (χ4n) is 3.35. The topological polar surface area (TPSA) is 45.8 Å². The van der Waals surface area contributed by atoms with Gasteiger partial charge in [-0.2, -0.15) is 0 Å². The number of H-pyrrole nitrogens is 1. The lowest BCUT2D eigenvalue weighted by Crippen LogP contribution is -2.27. The molecule has 1 heterocycles. The van der Waals surface area contributed by atoms with E-state index in [-0.39, 0.29) is 5.56 Å². The van der Waals surface area contributed by atoms with Crippen LogP contribution in [0.15, 0.2) is 9.27 Å². The van der Waals surface area contributed by atoms with E-state index in [9.17, 15) is 4.79 Å². The highest BCUT2D eigenvalue weighted by Gasteiger charge is 2.31. The van der Waals surface area contributed by atoms with Crippen molar-refractivity contribution < 1.29 is 0 Å².